The smallest absolute Gasteiger partial charge is 0.194 e. The third kappa shape index (κ3) is 6.10. The second kappa shape index (κ2) is 11.0. The zero-order valence-corrected chi connectivity index (χ0v) is 19.7. The maximum Gasteiger partial charge on any atom is 0.194 e. The van der Waals surface area contributed by atoms with Gasteiger partial charge in [0, 0.05) is 51.2 Å². The first kappa shape index (κ1) is 22.8. The lowest BCUT2D eigenvalue weighted by molar-refractivity contribution is 0.0529. The Hall–Kier alpha value is -3.39. The molecular formula is C25H33N7O. The molecule has 1 aliphatic rings. The van der Waals surface area contributed by atoms with Gasteiger partial charge < -0.3 is 19.9 Å². The average molecular weight is 448 g/mol. The third-order valence-electron chi connectivity index (χ3n) is 5.56. The van der Waals surface area contributed by atoms with Crippen molar-refractivity contribution in [2.24, 2.45) is 4.99 Å². The van der Waals surface area contributed by atoms with Gasteiger partial charge in [-0.25, -0.2) is 14.7 Å². The molecule has 1 atom stereocenters. The molecule has 8 nitrogen and oxygen atoms in total. The molecule has 0 aliphatic carbocycles. The highest BCUT2D eigenvalue weighted by Crippen LogP contribution is 2.17. The molecule has 3 heterocycles. The molecule has 1 fully saturated rings. The number of aliphatic imine (C=N–C) groups is 1. The minimum absolute atomic E-state index is 0.225. The van der Waals surface area contributed by atoms with Crippen molar-refractivity contribution in [3.8, 4) is 5.69 Å². The normalized spacial score (nSPS) is 16.6. The molecule has 33 heavy (non-hydrogen) atoms. The molecule has 1 aliphatic heterocycles. The van der Waals surface area contributed by atoms with Crippen LogP contribution in [0.1, 0.15) is 25.0 Å². The van der Waals surface area contributed by atoms with Crippen LogP contribution in [0.3, 0.4) is 0 Å². The molecular weight excluding hydrogens is 414 g/mol. The van der Waals surface area contributed by atoms with E-state index >= 15 is 0 Å². The lowest BCUT2D eigenvalue weighted by Crippen LogP contribution is -2.41. The van der Waals surface area contributed by atoms with E-state index in [1.54, 1.807) is 0 Å². The van der Waals surface area contributed by atoms with Crippen LogP contribution in [0.2, 0.25) is 0 Å². The summed E-state index contributed by atoms with van der Waals surface area (Å²) in [7, 11) is 2.05. The van der Waals surface area contributed by atoms with Gasteiger partial charge in [-0.05, 0) is 43.7 Å². The average Bonchev–Trinajstić information content (AvgIpc) is 3.31. The monoisotopic (exact) mass is 447 g/mol. The Morgan fingerprint density at radius 1 is 1.24 bits per heavy atom. The van der Waals surface area contributed by atoms with Gasteiger partial charge in [0.1, 0.15) is 5.82 Å². The van der Waals surface area contributed by atoms with Crippen molar-refractivity contribution in [1.82, 2.24) is 25.0 Å². The molecule has 1 saturated heterocycles. The fraction of sp³-hybridized carbons (Fsp3) is 0.400. The van der Waals surface area contributed by atoms with Crippen molar-refractivity contribution in [3.63, 3.8) is 0 Å². The van der Waals surface area contributed by atoms with Crippen LogP contribution >= 0.6 is 0 Å². The summed E-state index contributed by atoms with van der Waals surface area (Å²) in [6.45, 7) is 8.76. The fourth-order valence-electron chi connectivity index (χ4n) is 3.91. The Morgan fingerprint density at radius 2 is 2.09 bits per heavy atom. The van der Waals surface area contributed by atoms with Gasteiger partial charge in [0.15, 0.2) is 5.96 Å². The van der Waals surface area contributed by atoms with Crippen molar-refractivity contribution in [1.29, 1.82) is 0 Å². The minimum atomic E-state index is 0.225. The molecule has 0 spiro atoms. The van der Waals surface area contributed by atoms with Gasteiger partial charge in [-0.15, -0.1) is 0 Å². The number of para-hydroxylation sites is 1. The number of anilines is 1. The minimum Gasteiger partial charge on any atom is -0.375 e. The highest BCUT2D eigenvalue weighted by Gasteiger charge is 2.18. The summed E-state index contributed by atoms with van der Waals surface area (Å²) in [6, 6.07) is 14.3. The second-order valence-corrected chi connectivity index (χ2v) is 8.30. The summed E-state index contributed by atoms with van der Waals surface area (Å²) in [5.41, 5.74) is 3.31. The Morgan fingerprint density at radius 3 is 2.88 bits per heavy atom. The predicted molar refractivity (Wildman–Crippen MR) is 132 cm³/mol. The zero-order valence-electron chi connectivity index (χ0n) is 19.7. The van der Waals surface area contributed by atoms with Crippen molar-refractivity contribution >= 4 is 11.8 Å². The predicted octanol–water partition coefficient (Wildman–Crippen LogP) is 3.09. The lowest BCUT2D eigenvalue weighted by Gasteiger charge is -2.32. The summed E-state index contributed by atoms with van der Waals surface area (Å²) >= 11 is 0. The van der Waals surface area contributed by atoms with Gasteiger partial charge in [0.25, 0.3) is 0 Å². The van der Waals surface area contributed by atoms with E-state index in [0.717, 1.165) is 54.8 Å². The van der Waals surface area contributed by atoms with E-state index in [-0.39, 0.29) is 6.10 Å². The van der Waals surface area contributed by atoms with E-state index in [1.165, 1.54) is 0 Å². The van der Waals surface area contributed by atoms with Crippen LogP contribution in [-0.2, 0) is 17.8 Å². The highest BCUT2D eigenvalue weighted by molar-refractivity contribution is 5.79. The van der Waals surface area contributed by atoms with Crippen LogP contribution in [0.25, 0.3) is 5.69 Å². The molecule has 0 saturated carbocycles. The first-order valence-corrected chi connectivity index (χ1v) is 11.5. The van der Waals surface area contributed by atoms with Crippen LogP contribution in [0.4, 0.5) is 5.82 Å². The summed E-state index contributed by atoms with van der Waals surface area (Å²) in [5.74, 6) is 1.85. The molecule has 0 amide bonds. The number of nitrogens with one attached hydrogen (secondary N) is 1. The van der Waals surface area contributed by atoms with Crippen LogP contribution in [-0.4, -0.2) is 65.0 Å². The molecule has 1 aromatic carbocycles. The SMILES string of the molecule is CCNC(=NCc1ccnc(N2CCOC(C)C2)c1)N(C)Cc1cnn(-c2ccccc2)c1. The van der Waals surface area contributed by atoms with Crippen LogP contribution < -0.4 is 10.2 Å². The van der Waals surface area contributed by atoms with Gasteiger partial charge in [-0.1, -0.05) is 18.2 Å². The van der Waals surface area contributed by atoms with E-state index in [2.05, 4.69) is 58.4 Å². The van der Waals surface area contributed by atoms with E-state index < -0.39 is 0 Å². The lowest BCUT2D eigenvalue weighted by atomic mass is 10.2. The Bertz CT molecular complexity index is 1050. The summed E-state index contributed by atoms with van der Waals surface area (Å²) < 4.78 is 7.56. The number of pyridine rings is 1. The van der Waals surface area contributed by atoms with Crippen LogP contribution in [0, 0.1) is 0 Å². The molecule has 1 N–H and O–H groups in total. The fourth-order valence-corrected chi connectivity index (χ4v) is 3.91. The summed E-state index contributed by atoms with van der Waals surface area (Å²) in [6.07, 6.45) is 6.07. The van der Waals surface area contributed by atoms with E-state index in [0.29, 0.717) is 13.1 Å². The molecule has 174 valence electrons. The molecule has 3 aromatic rings. The van der Waals surface area contributed by atoms with E-state index in [4.69, 9.17) is 9.73 Å². The molecule has 0 radical (unpaired) electrons. The van der Waals surface area contributed by atoms with Gasteiger partial charge in [0.05, 0.1) is 31.1 Å². The molecule has 4 rings (SSSR count). The number of benzene rings is 1. The Labute approximate surface area is 195 Å². The van der Waals surface area contributed by atoms with E-state index in [1.807, 2.05) is 53.5 Å². The number of morpholine rings is 1. The first-order valence-electron chi connectivity index (χ1n) is 11.5. The number of rotatable bonds is 7. The topological polar surface area (TPSA) is 70.8 Å². The first-order chi connectivity index (χ1) is 16.1. The zero-order chi connectivity index (χ0) is 23.0. The second-order valence-electron chi connectivity index (χ2n) is 8.30. The Kier molecular flexibility index (Phi) is 7.57. The maximum atomic E-state index is 5.66. The van der Waals surface area contributed by atoms with Crippen molar-refractivity contribution in [2.75, 3.05) is 38.2 Å². The standard InChI is InChI=1S/C25H33N7O/c1-4-26-25(30(3)18-22-16-29-32(19-22)23-8-6-5-7-9-23)28-15-21-10-11-27-24(14-21)31-12-13-33-20(2)17-31/h5-11,14,16,19-20H,4,12-13,15,17-18H2,1-3H3,(H,26,28). The highest BCUT2D eigenvalue weighted by atomic mass is 16.5. The number of hydrogen-bond donors (Lipinski definition) is 1. The number of hydrogen-bond acceptors (Lipinski definition) is 5. The van der Waals surface area contributed by atoms with Crippen LogP contribution in [0.15, 0.2) is 66.0 Å². The molecule has 1 unspecified atom stereocenters. The number of aromatic nitrogens is 3. The van der Waals surface area contributed by atoms with Crippen molar-refractivity contribution < 1.29 is 4.74 Å². The maximum absolute atomic E-state index is 5.66. The Balaban J connectivity index is 1.42. The van der Waals surface area contributed by atoms with Gasteiger partial charge in [-0.3, -0.25) is 0 Å². The largest absolute Gasteiger partial charge is 0.375 e. The summed E-state index contributed by atoms with van der Waals surface area (Å²) in [4.78, 5) is 13.9. The van der Waals surface area contributed by atoms with Crippen LogP contribution in [0.5, 0.6) is 0 Å². The number of nitrogens with zero attached hydrogens (tertiary/aromatic N) is 6. The molecule has 2 aromatic heterocycles. The molecule has 8 heteroatoms. The van der Waals surface area contributed by atoms with Gasteiger partial charge >= 0.3 is 0 Å². The van der Waals surface area contributed by atoms with Crippen molar-refractivity contribution in [2.45, 2.75) is 33.0 Å². The van der Waals surface area contributed by atoms with Gasteiger partial charge in [-0.2, -0.15) is 5.10 Å². The number of ether oxygens (including phenoxy) is 1. The summed E-state index contributed by atoms with van der Waals surface area (Å²) in [5, 5.41) is 7.91. The quantitative estimate of drug-likeness (QED) is 0.443. The van der Waals surface area contributed by atoms with E-state index in [9.17, 15) is 0 Å². The number of guanidine groups is 1. The third-order valence-corrected chi connectivity index (χ3v) is 5.56. The van der Waals surface area contributed by atoms with Crippen molar-refractivity contribution in [3.05, 3.63) is 72.2 Å². The molecule has 0 bridgehead atoms. The van der Waals surface area contributed by atoms with Gasteiger partial charge in [0.2, 0.25) is 0 Å².